The summed E-state index contributed by atoms with van der Waals surface area (Å²) >= 11 is 0. The maximum absolute atomic E-state index is 5.63. The second kappa shape index (κ2) is 26.6. The van der Waals surface area contributed by atoms with Crippen LogP contribution < -0.4 is 10.5 Å². The van der Waals surface area contributed by atoms with Crippen LogP contribution in [0.1, 0.15) is 39.0 Å². The average Bonchev–Trinajstić information content (AvgIpc) is 2.89. The summed E-state index contributed by atoms with van der Waals surface area (Å²) in [6, 6.07) is 7.29. The van der Waals surface area contributed by atoms with E-state index in [1.54, 1.807) is 12.1 Å². The van der Waals surface area contributed by atoms with Crippen molar-refractivity contribution in [2.45, 2.75) is 39.0 Å². The summed E-state index contributed by atoms with van der Waals surface area (Å²) in [5.41, 5.74) is 6.35. The second-order valence-corrected chi connectivity index (χ2v) is 8.12. The first-order valence-electron chi connectivity index (χ1n) is 13.4. The molecule has 210 valence electrons. The van der Waals surface area contributed by atoms with Crippen LogP contribution in [-0.2, 0) is 33.2 Å². The molecule has 0 aliphatic rings. The zero-order valence-electron chi connectivity index (χ0n) is 22.3. The Morgan fingerprint density at radius 2 is 0.806 bits per heavy atom. The standard InChI is InChI=1S/C27H49NO8/c1-2-3-4-5-6-11-29-12-13-30-14-15-31-16-17-32-18-19-33-20-21-34-22-23-35-24-25-36-27-9-7-26(28)8-10-27/h7-10H,2-6,11-25,28H2,1H3. The van der Waals surface area contributed by atoms with Gasteiger partial charge in [0, 0.05) is 12.3 Å². The van der Waals surface area contributed by atoms with E-state index in [9.17, 15) is 0 Å². The number of hydrogen-bond donors (Lipinski definition) is 1. The maximum atomic E-state index is 5.63. The summed E-state index contributed by atoms with van der Waals surface area (Å²) < 4.78 is 43.9. The predicted molar refractivity (Wildman–Crippen MR) is 141 cm³/mol. The molecule has 36 heavy (non-hydrogen) atoms. The van der Waals surface area contributed by atoms with E-state index in [1.165, 1.54) is 25.7 Å². The van der Waals surface area contributed by atoms with Crippen LogP contribution in [-0.4, -0.2) is 99.1 Å². The average molecular weight is 516 g/mol. The minimum atomic E-state index is 0.487. The Morgan fingerprint density at radius 1 is 0.444 bits per heavy atom. The predicted octanol–water partition coefficient (Wildman–Crippen LogP) is 3.73. The number of unbranched alkanes of at least 4 members (excludes halogenated alkanes) is 4. The van der Waals surface area contributed by atoms with Gasteiger partial charge in [0.05, 0.1) is 85.9 Å². The van der Waals surface area contributed by atoms with Gasteiger partial charge in [-0.1, -0.05) is 32.6 Å². The molecule has 0 radical (unpaired) electrons. The van der Waals surface area contributed by atoms with Gasteiger partial charge in [-0.15, -0.1) is 0 Å². The Balaban J connectivity index is 1.65. The Hall–Kier alpha value is -1.46. The van der Waals surface area contributed by atoms with Gasteiger partial charge in [0.25, 0.3) is 0 Å². The fourth-order valence-electron chi connectivity index (χ4n) is 3.01. The highest BCUT2D eigenvalue weighted by atomic mass is 16.6. The summed E-state index contributed by atoms with van der Waals surface area (Å²) in [6.07, 6.45) is 6.30. The number of ether oxygens (including phenoxy) is 8. The van der Waals surface area contributed by atoms with Crippen LogP contribution in [0.5, 0.6) is 5.75 Å². The van der Waals surface area contributed by atoms with E-state index in [0.717, 1.165) is 24.5 Å². The van der Waals surface area contributed by atoms with E-state index in [0.29, 0.717) is 92.5 Å². The second-order valence-electron chi connectivity index (χ2n) is 8.12. The van der Waals surface area contributed by atoms with E-state index < -0.39 is 0 Å². The van der Waals surface area contributed by atoms with E-state index in [-0.39, 0.29) is 0 Å². The number of nitrogen functional groups attached to an aromatic ring is 1. The molecule has 9 heteroatoms. The van der Waals surface area contributed by atoms with Crippen LogP contribution in [0.15, 0.2) is 24.3 Å². The molecular weight excluding hydrogens is 466 g/mol. The lowest BCUT2D eigenvalue weighted by Gasteiger charge is -2.09. The third-order valence-corrected chi connectivity index (χ3v) is 5.00. The fourth-order valence-corrected chi connectivity index (χ4v) is 3.01. The fraction of sp³-hybridized carbons (Fsp3) is 0.778. The minimum Gasteiger partial charge on any atom is -0.491 e. The van der Waals surface area contributed by atoms with Crippen molar-refractivity contribution in [2.24, 2.45) is 0 Å². The molecule has 0 aliphatic carbocycles. The van der Waals surface area contributed by atoms with Gasteiger partial charge in [-0.2, -0.15) is 0 Å². The molecule has 0 atom stereocenters. The van der Waals surface area contributed by atoms with Crippen LogP contribution in [0.2, 0.25) is 0 Å². The molecule has 0 saturated heterocycles. The lowest BCUT2D eigenvalue weighted by Crippen LogP contribution is -2.15. The van der Waals surface area contributed by atoms with E-state index in [2.05, 4.69) is 6.92 Å². The molecule has 0 unspecified atom stereocenters. The van der Waals surface area contributed by atoms with Crippen molar-refractivity contribution in [2.75, 3.05) is 105 Å². The quantitative estimate of drug-likeness (QED) is 0.132. The van der Waals surface area contributed by atoms with Crippen LogP contribution in [0.4, 0.5) is 5.69 Å². The summed E-state index contributed by atoms with van der Waals surface area (Å²) in [5, 5.41) is 0. The molecule has 0 bridgehead atoms. The molecule has 0 aliphatic heterocycles. The monoisotopic (exact) mass is 515 g/mol. The first-order chi connectivity index (χ1) is 17.8. The minimum absolute atomic E-state index is 0.487. The SMILES string of the molecule is CCCCCCCOCCOCCOCCOCCOCCOCCOCCOc1ccc(N)cc1. The Bertz CT molecular complexity index is 561. The zero-order valence-corrected chi connectivity index (χ0v) is 22.3. The molecule has 0 fully saturated rings. The first-order valence-corrected chi connectivity index (χ1v) is 13.4. The first kappa shape index (κ1) is 32.6. The molecule has 9 nitrogen and oxygen atoms in total. The molecule has 2 N–H and O–H groups in total. The molecule has 0 saturated carbocycles. The lowest BCUT2D eigenvalue weighted by atomic mass is 10.2. The smallest absolute Gasteiger partial charge is 0.119 e. The molecule has 1 aromatic carbocycles. The van der Waals surface area contributed by atoms with Gasteiger partial charge in [-0.25, -0.2) is 0 Å². The number of nitrogens with two attached hydrogens (primary N) is 1. The molecule has 1 aromatic rings. The zero-order chi connectivity index (χ0) is 25.8. The summed E-state index contributed by atoms with van der Waals surface area (Å²) in [5.74, 6) is 0.780. The third-order valence-electron chi connectivity index (χ3n) is 5.00. The van der Waals surface area contributed by atoms with Gasteiger partial charge in [-0.05, 0) is 30.7 Å². The summed E-state index contributed by atoms with van der Waals surface area (Å²) in [7, 11) is 0. The highest BCUT2D eigenvalue weighted by Crippen LogP contribution is 2.12. The van der Waals surface area contributed by atoms with Crippen molar-refractivity contribution in [1.29, 1.82) is 0 Å². The lowest BCUT2D eigenvalue weighted by molar-refractivity contribution is -0.0213. The van der Waals surface area contributed by atoms with Crippen molar-refractivity contribution >= 4 is 5.69 Å². The van der Waals surface area contributed by atoms with Crippen molar-refractivity contribution in [3.05, 3.63) is 24.3 Å². The molecule has 0 aromatic heterocycles. The Labute approximate surface area is 217 Å². The van der Waals surface area contributed by atoms with Crippen LogP contribution in [0.3, 0.4) is 0 Å². The van der Waals surface area contributed by atoms with E-state index in [1.807, 2.05) is 12.1 Å². The van der Waals surface area contributed by atoms with Gasteiger partial charge < -0.3 is 43.6 Å². The largest absolute Gasteiger partial charge is 0.491 e. The van der Waals surface area contributed by atoms with Gasteiger partial charge in [-0.3, -0.25) is 0 Å². The van der Waals surface area contributed by atoms with Crippen molar-refractivity contribution in [3.8, 4) is 5.75 Å². The maximum Gasteiger partial charge on any atom is 0.119 e. The van der Waals surface area contributed by atoms with Gasteiger partial charge in [0.15, 0.2) is 0 Å². The third kappa shape index (κ3) is 23.0. The van der Waals surface area contributed by atoms with Crippen molar-refractivity contribution in [1.82, 2.24) is 0 Å². The Morgan fingerprint density at radius 3 is 1.22 bits per heavy atom. The molecule has 0 heterocycles. The van der Waals surface area contributed by atoms with E-state index >= 15 is 0 Å². The molecule has 1 rings (SSSR count). The Kier molecular flexibility index (Phi) is 24.1. The van der Waals surface area contributed by atoms with Crippen LogP contribution in [0.25, 0.3) is 0 Å². The van der Waals surface area contributed by atoms with Crippen molar-refractivity contribution in [3.63, 3.8) is 0 Å². The van der Waals surface area contributed by atoms with Gasteiger partial charge >= 0.3 is 0 Å². The highest BCUT2D eigenvalue weighted by molar-refractivity contribution is 5.41. The molecule has 0 spiro atoms. The number of anilines is 1. The normalized spacial score (nSPS) is 11.2. The topological polar surface area (TPSA) is 99.9 Å². The van der Waals surface area contributed by atoms with Gasteiger partial charge in [0.2, 0.25) is 0 Å². The van der Waals surface area contributed by atoms with Gasteiger partial charge in [0.1, 0.15) is 12.4 Å². The van der Waals surface area contributed by atoms with Crippen molar-refractivity contribution < 1.29 is 37.9 Å². The molecular formula is C27H49NO8. The summed E-state index contributed by atoms with van der Waals surface area (Å²) in [6.45, 7) is 10.7. The van der Waals surface area contributed by atoms with Crippen LogP contribution in [0, 0.1) is 0 Å². The number of benzene rings is 1. The van der Waals surface area contributed by atoms with Crippen LogP contribution >= 0.6 is 0 Å². The van der Waals surface area contributed by atoms with E-state index in [4.69, 9.17) is 43.6 Å². The highest BCUT2D eigenvalue weighted by Gasteiger charge is 1.96. The summed E-state index contributed by atoms with van der Waals surface area (Å²) in [4.78, 5) is 0. The number of rotatable bonds is 28. The number of hydrogen-bond acceptors (Lipinski definition) is 9. The molecule has 0 amide bonds.